The SMILES string of the molecule is CC=CC=CC(C)c1cn2nc(-c3c(C)cc(C)cc3C)cc2nc1C1=CCC(C2(N)CCC2)C=C1. The van der Waals surface area contributed by atoms with Crippen molar-refractivity contribution in [2.75, 3.05) is 0 Å². The van der Waals surface area contributed by atoms with Crippen LogP contribution in [0.3, 0.4) is 0 Å². The van der Waals surface area contributed by atoms with Gasteiger partial charge in [-0.05, 0) is 76.0 Å². The first-order valence-corrected chi connectivity index (χ1v) is 13.2. The molecule has 2 aromatic heterocycles. The second-order valence-electron chi connectivity index (χ2n) is 10.8. The lowest BCUT2D eigenvalue weighted by molar-refractivity contribution is 0.183. The fourth-order valence-electron chi connectivity index (χ4n) is 5.83. The first-order chi connectivity index (χ1) is 17.3. The molecular formula is C32H38N4. The smallest absolute Gasteiger partial charge is 0.156 e. The van der Waals surface area contributed by atoms with Crippen LogP contribution in [-0.2, 0) is 0 Å². The molecule has 0 amide bonds. The van der Waals surface area contributed by atoms with Crippen LogP contribution in [0.5, 0.6) is 0 Å². The Balaban J connectivity index is 1.58. The average molecular weight is 479 g/mol. The van der Waals surface area contributed by atoms with Gasteiger partial charge in [0, 0.05) is 34.8 Å². The zero-order valence-corrected chi connectivity index (χ0v) is 22.3. The van der Waals surface area contributed by atoms with Crippen LogP contribution >= 0.6 is 0 Å². The third-order valence-electron chi connectivity index (χ3n) is 8.00. The molecule has 1 aromatic carbocycles. The highest BCUT2D eigenvalue weighted by atomic mass is 15.2. The summed E-state index contributed by atoms with van der Waals surface area (Å²) < 4.78 is 1.95. The molecule has 3 aromatic rings. The summed E-state index contributed by atoms with van der Waals surface area (Å²) in [6.45, 7) is 10.7. The van der Waals surface area contributed by atoms with Gasteiger partial charge in [0.2, 0.25) is 0 Å². The molecule has 2 atom stereocenters. The predicted octanol–water partition coefficient (Wildman–Crippen LogP) is 7.40. The molecular weight excluding hydrogens is 440 g/mol. The first-order valence-electron chi connectivity index (χ1n) is 13.2. The number of aryl methyl sites for hydroxylation is 3. The highest BCUT2D eigenvalue weighted by molar-refractivity contribution is 5.77. The van der Waals surface area contributed by atoms with Crippen molar-refractivity contribution in [3.63, 3.8) is 0 Å². The third kappa shape index (κ3) is 4.51. The van der Waals surface area contributed by atoms with Crippen molar-refractivity contribution in [2.45, 2.75) is 71.8 Å². The largest absolute Gasteiger partial charge is 0.325 e. The Morgan fingerprint density at radius 1 is 1.11 bits per heavy atom. The molecule has 4 nitrogen and oxygen atoms in total. The average Bonchev–Trinajstić information content (AvgIpc) is 3.23. The molecule has 2 aliphatic rings. The molecule has 0 radical (unpaired) electrons. The van der Waals surface area contributed by atoms with Crippen LogP contribution in [0, 0.1) is 26.7 Å². The fraction of sp³-hybridized carbons (Fsp3) is 0.375. The first kappa shape index (κ1) is 24.5. The minimum absolute atomic E-state index is 0.0225. The van der Waals surface area contributed by atoms with Gasteiger partial charge in [-0.3, -0.25) is 0 Å². The number of hydrogen-bond acceptors (Lipinski definition) is 3. The van der Waals surface area contributed by atoms with Gasteiger partial charge in [0.1, 0.15) is 0 Å². The molecule has 186 valence electrons. The van der Waals surface area contributed by atoms with Crippen LogP contribution < -0.4 is 5.73 Å². The second-order valence-corrected chi connectivity index (χ2v) is 10.8. The van der Waals surface area contributed by atoms with Gasteiger partial charge < -0.3 is 5.73 Å². The van der Waals surface area contributed by atoms with Crippen molar-refractivity contribution in [3.8, 4) is 11.3 Å². The molecule has 1 fully saturated rings. The summed E-state index contributed by atoms with van der Waals surface area (Å²) in [5.41, 5.74) is 16.8. The van der Waals surface area contributed by atoms with Crippen LogP contribution in [0.4, 0.5) is 0 Å². The van der Waals surface area contributed by atoms with Crippen molar-refractivity contribution >= 4 is 11.2 Å². The summed E-state index contributed by atoms with van der Waals surface area (Å²) in [5, 5.41) is 4.99. The summed E-state index contributed by atoms with van der Waals surface area (Å²) in [6, 6.07) is 6.58. The van der Waals surface area contributed by atoms with E-state index < -0.39 is 0 Å². The number of hydrogen-bond donors (Lipinski definition) is 1. The van der Waals surface area contributed by atoms with Crippen LogP contribution in [0.15, 0.2) is 66.9 Å². The van der Waals surface area contributed by atoms with Gasteiger partial charge in [-0.1, -0.05) is 67.2 Å². The fourth-order valence-corrected chi connectivity index (χ4v) is 5.83. The Bertz CT molecular complexity index is 1390. The number of aromatic nitrogens is 3. The molecule has 2 aliphatic carbocycles. The summed E-state index contributed by atoms with van der Waals surface area (Å²) in [6.07, 6.45) is 22.0. The second kappa shape index (κ2) is 9.67. The van der Waals surface area contributed by atoms with E-state index in [9.17, 15) is 0 Å². The van der Waals surface area contributed by atoms with Gasteiger partial charge in [-0.2, -0.15) is 5.10 Å². The van der Waals surface area contributed by atoms with E-state index >= 15 is 0 Å². The van der Waals surface area contributed by atoms with E-state index in [1.165, 1.54) is 39.8 Å². The van der Waals surface area contributed by atoms with E-state index in [2.05, 4.69) is 88.5 Å². The quantitative estimate of drug-likeness (QED) is 0.376. The topological polar surface area (TPSA) is 56.2 Å². The van der Waals surface area contributed by atoms with Gasteiger partial charge in [0.15, 0.2) is 5.65 Å². The molecule has 36 heavy (non-hydrogen) atoms. The number of fused-ring (bicyclic) bond motifs is 1. The molecule has 0 bridgehead atoms. The number of nitrogens with zero attached hydrogens (tertiary/aromatic N) is 3. The highest BCUT2D eigenvalue weighted by Crippen LogP contribution is 2.41. The lowest BCUT2D eigenvalue weighted by Crippen LogP contribution is -2.52. The number of benzene rings is 1. The van der Waals surface area contributed by atoms with E-state index in [0.717, 1.165) is 36.3 Å². The van der Waals surface area contributed by atoms with Crippen LogP contribution in [0.1, 0.15) is 73.4 Å². The van der Waals surface area contributed by atoms with Gasteiger partial charge >= 0.3 is 0 Å². The molecule has 2 N–H and O–H groups in total. The van der Waals surface area contributed by atoms with Gasteiger partial charge in [-0.15, -0.1) is 0 Å². The van der Waals surface area contributed by atoms with E-state index in [1.54, 1.807) is 0 Å². The third-order valence-corrected chi connectivity index (χ3v) is 8.00. The van der Waals surface area contributed by atoms with E-state index in [1.807, 2.05) is 17.5 Å². The standard InChI is InChI=1S/C32H38N4/c1-6-7-8-10-22(3)27-20-36-29(19-28(35-36)30-23(4)17-21(2)18-24(30)5)34-31(27)25-11-13-26(14-12-25)32(33)15-9-16-32/h6-8,10-13,17-20,22,26H,9,14-16,33H2,1-5H3. The molecule has 0 saturated heterocycles. The Labute approximate surface area is 215 Å². The maximum absolute atomic E-state index is 6.65. The van der Waals surface area contributed by atoms with Crippen LogP contribution in [0.2, 0.25) is 0 Å². The maximum atomic E-state index is 6.65. The van der Waals surface area contributed by atoms with Crippen LogP contribution in [0.25, 0.3) is 22.5 Å². The Hall–Kier alpha value is -3.24. The van der Waals surface area contributed by atoms with Gasteiger partial charge in [0.25, 0.3) is 0 Å². The summed E-state index contributed by atoms with van der Waals surface area (Å²) >= 11 is 0. The maximum Gasteiger partial charge on any atom is 0.156 e. The Kier molecular flexibility index (Phi) is 6.57. The summed E-state index contributed by atoms with van der Waals surface area (Å²) in [5.74, 6) is 0.617. The number of allylic oxidation sites excluding steroid dienone is 7. The normalized spacial score (nSPS) is 20.3. The molecule has 5 rings (SSSR count). The molecule has 4 heteroatoms. The molecule has 2 heterocycles. The zero-order valence-electron chi connectivity index (χ0n) is 22.3. The van der Waals surface area contributed by atoms with Crippen molar-refractivity contribution < 1.29 is 0 Å². The van der Waals surface area contributed by atoms with E-state index in [4.69, 9.17) is 15.8 Å². The van der Waals surface area contributed by atoms with Crippen molar-refractivity contribution in [1.29, 1.82) is 0 Å². The molecule has 0 spiro atoms. The van der Waals surface area contributed by atoms with Crippen molar-refractivity contribution in [1.82, 2.24) is 14.6 Å². The Morgan fingerprint density at radius 3 is 2.47 bits per heavy atom. The summed E-state index contributed by atoms with van der Waals surface area (Å²) in [7, 11) is 0. The minimum Gasteiger partial charge on any atom is -0.325 e. The Morgan fingerprint density at radius 2 is 1.86 bits per heavy atom. The van der Waals surface area contributed by atoms with E-state index in [-0.39, 0.29) is 11.5 Å². The minimum atomic E-state index is -0.0225. The number of nitrogens with two attached hydrogens (primary N) is 1. The molecule has 1 saturated carbocycles. The lowest BCUT2D eigenvalue weighted by Gasteiger charge is -2.44. The molecule has 0 aliphatic heterocycles. The zero-order chi connectivity index (χ0) is 25.4. The van der Waals surface area contributed by atoms with Crippen molar-refractivity contribution in [2.24, 2.45) is 11.7 Å². The van der Waals surface area contributed by atoms with Crippen LogP contribution in [-0.4, -0.2) is 20.1 Å². The highest BCUT2D eigenvalue weighted by Gasteiger charge is 2.39. The monoisotopic (exact) mass is 478 g/mol. The van der Waals surface area contributed by atoms with Gasteiger partial charge in [-0.25, -0.2) is 9.50 Å². The number of rotatable bonds is 6. The lowest BCUT2D eigenvalue weighted by atomic mass is 9.66. The molecule has 2 unspecified atom stereocenters. The van der Waals surface area contributed by atoms with Crippen molar-refractivity contribution in [3.05, 3.63) is 94.9 Å². The summed E-state index contributed by atoms with van der Waals surface area (Å²) in [4.78, 5) is 5.19. The van der Waals surface area contributed by atoms with E-state index in [0.29, 0.717) is 5.92 Å². The van der Waals surface area contributed by atoms with Gasteiger partial charge in [0.05, 0.1) is 11.4 Å². The predicted molar refractivity (Wildman–Crippen MR) is 151 cm³/mol.